The molecule has 0 aliphatic carbocycles. The van der Waals surface area contributed by atoms with Crippen LogP contribution in [0.1, 0.15) is 27.0 Å². The van der Waals surface area contributed by atoms with Crippen molar-refractivity contribution in [3.63, 3.8) is 0 Å². The third-order valence-electron chi connectivity index (χ3n) is 3.98. The first-order valence-electron chi connectivity index (χ1n) is 7.94. The fourth-order valence-corrected chi connectivity index (χ4v) is 2.79. The molecule has 1 amide bonds. The van der Waals surface area contributed by atoms with Crippen LogP contribution in [0.25, 0.3) is 5.57 Å². The second kappa shape index (κ2) is 7.42. The van der Waals surface area contributed by atoms with E-state index in [2.05, 4.69) is 30.3 Å². The molecule has 0 unspecified atom stereocenters. The minimum atomic E-state index is -0.389. The molecule has 2 heteroatoms. The first-order chi connectivity index (χ1) is 11.8. The summed E-state index contributed by atoms with van der Waals surface area (Å²) in [7, 11) is 0. The summed E-state index contributed by atoms with van der Waals surface area (Å²) < 4.78 is 0. The van der Waals surface area contributed by atoms with Crippen molar-refractivity contribution in [3.8, 4) is 0 Å². The lowest BCUT2D eigenvalue weighted by molar-refractivity contribution is 0.0999. The Bertz CT molecular complexity index is 810. The standard InChI is InChI=1S/C22H19NO/c23-22(24)21-14-8-7-13-19(21)15-16-20(17-9-3-1-4-10-17)18-11-5-2-6-12-18/h1-14,16H,15H2,(H2,23,24). The van der Waals surface area contributed by atoms with E-state index >= 15 is 0 Å². The zero-order valence-corrected chi connectivity index (χ0v) is 13.4. The number of primary amides is 1. The number of amides is 1. The van der Waals surface area contributed by atoms with Crippen molar-refractivity contribution < 1.29 is 4.79 Å². The summed E-state index contributed by atoms with van der Waals surface area (Å²) in [6.45, 7) is 0. The summed E-state index contributed by atoms with van der Waals surface area (Å²) in [5.41, 5.74) is 10.5. The number of nitrogens with two attached hydrogens (primary N) is 1. The molecule has 0 aromatic heterocycles. The highest BCUT2D eigenvalue weighted by atomic mass is 16.1. The van der Waals surface area contributed by atoms with Crippen LogP contribution in [0.15, 0.2) is 91.0 Å². The summed E-state index contributed by atoms with van der Waals surface area (Å²) in [5, 5.41) is 0. The molecule has 0 saturated carbocycles. The van der Waals surface area contributed by atoms with Gasteiger partial charge < -0.3 is 5.73 Å². The Morgan fingerprint density at radius 2 is 1.25 bits per heavy atom. The van der Waals surface area contributed by atoms with Crippen LogP contribution in [0.2, 0.25) is 0 Å². The van der Waals surface area contributed by atoms with E-state index in [1.54, 1.807) is 6.07 Å². The molecule has 0 aliphatic heterocycles. The van der Waals surface area contributed by atoms with E-state index in [-0.39, 0.29) is 5.91 Å². The van der Waals surface area contributed by atoms with E-state index in [9.17, 15) is 4.79 Å². The first-order valence-corrected chi connectivity index (χ1v) is 7.94. The van der Waals surface area contributed by atoms with Gasteiger partial charge in [-0.05, 0) is 34.8 Å². The smallest absolute Gasteiger partial charge is 0.248 e. The van der Waals surface area contributed by atoms with Crippen molar-refractivity contribution in [1.82, 2.24) is 0 Å². The lowest BCUT2D eigenvalue weighted by Crippen LogP contribution is -2.13. The number of rotatable bonds is 5. The molecule has 0 bridgehead atoms. The average molecular weight is 313 g/mol. The Kier molecular flexibility index (Phi) is 4.87. The molecule has 0 heterocycles. The Labute approximate surface area is 142 Å². The number of carbonyl (C=O) groups is 1. The number of hydrogen-bond acceptors (Lipinski definition) is 1. The molecule has 24 heavy (non-hydrogen) atoms. The maximum atomic E-state index is 11.6. The van der Waals surface area contributed by atoms with Gasteiger partial charge in [0.25, 0.3) is 0 Å². The van der Waals surface area contributed by atoms with Gasteiger partial charge in [0.05, 0.1) is 0 Å². The molecule has 0 atom stereocenters. The second-order valence-electron chi connectivity index (χ2n) is 5.58. The Hall–Kier alpha value is -3.13. The highest BCUT2D eigenvalue weighted by Crippen LogP contribution is 2.24. The van der Waals surface area contributed by atoms with Crippen LogP contribution in [0.4, 0.5) is 0 Å². The van der Waals surface area contributed by atoms with Gasteiger partial charge in [-0.2, -0.15) is 0 Å². The van der Waals surface area contributed by atoms with Crippen molar-refractivity contribution in [2.24, 2.45) is 5.73 Å². The van der Waals surface area contributed by atoms with Crippen LogP contribution >= 0.6 is 0 Å². The van der Waals surface area contributed by atoms with Crippen LogP contribution in [0.5, 0.6) is 0 Å². The summed E-state index contributed by atoms with van der Waals surface area (Å²) in [4.78, 5) is 11.6. The van der Waals surface area contributed by atoms with E-state index in [0.29, 0.717) is 12.0 Å². The van der Waals surface area contributed by atoms with Gasteiger partial charge in [0.2, 0.25) is 5.91 Å². The van der Waals surface area contributed by atoms with E-state index in [4.69, 9.17) is 5.73 Å². The quantitative estimate of drug-likeness (QED) is 0.742. The molecule has 0 spiro atoms. The Balaban J connectivity index is 2.01. The largest absolute Gasteiger partial charge is 0.366 e. The molecule has 0 radical (unpaired) electrons. The number of hydrogen-bond donors (Lipinski definition) is 1. The van der Waals surface area contributed by atoms with Gasteiger partial charge in [-0.15, -0.1) is 0 Å². The minimum absolute atomic E-state index is 0.389. The maximum absolute atomic E-state index is 11.6. The molecular weight excluding hydrogens is 294 g/mol. The van der Waals surface area contributed by atoms with E-state index in [1.165, 1.54) is 0 Å². The second-order valence-corrected chi connectivity index (χ2v) is 5.58. The third-order valence-corrected chi connectivity index (χ3v) is 3.98. The number of carbonyl (C=O) groups excluding carboxylic acids is 1. The molecular formula is C22H19NO. The summed E-state index contributed by atoms with van der Waals surface area (Å²) in [6, 6.07) is 28.0. The molecule has 0 aliphatic rings. The van der Waals surface area contributed by atoms with Crippen molar-refractivity contribution in [2.75, 3.05) is 0 Å². The van der Waals surface area contributed by atoms with Gasteiger partial charge in [0.1, 0.15) is 0 Å². The first kappa shape index (κ1) is 15.8. The van der Waals surface area contributed by atoms with E-state index in [0.717, 1.165) is 22.3 Å². The molecule has 2 N–H and O–H groups in total. The van der Waals surface area contributed by atoms with Gasteiger partial charge in [-0.1, -0.05) is 84.9 Å². The average Bonchev–Trinajstić information content (AvgIpc) is 2.64. The molecule has 3 aromatic rings. The monoisotopic (exact) mass is 313 g/mol. The molecule has 118 valence electrons. The summed E-state index contributed by atoms with van der Waals surface area (Å²) in [6.07, 6.45) is 2.81. The van der Waals surface area contributed by atoms with Crippen LogP contribution in [0, 0.1) is 0 Å². The van der Waals surface area contributed by atoms with Crippen LogP contribution < -0.4 is 5.73 Å². The van der Waals surface area contributed by atoms with Crippen molar-refractivity contribution in [3.05, 3.63) is 113 Å². The van der Waals surface area contributed by atoms with Crippen molar-refractivity contribution in [1.29, 1.82) is 0 Å². The lowest BCUT2D eigenvalue weighted by Gasteiger charge is -2.10. The lowest BCUT2D eigenvalue weighted by atomic mass is 9.95. The highest BCUT2D eigenvalue weighted by Gasteiger charge is 2.08. The fraction of sp³-hybridized carbons (Fsp3) is 0.0455. The molecule has 0 fully saturated rings. The zero-order chi connectivity index (χ0) is 16.8. The topological polar surface area (TPSA) is 43.1 Å². The zero-order valence-electron chi connectivity index (χ0n) is 13.4. The third kappa shape index (κ3) is 3.61. The van der Waals surface area contributed by atoms with E-state index in [1.807, 2.05) is 54.6 Å². The normalized spacial score (nSPS) is 10.2. The van der Waals surface area contributed by atoms with Gasteiger partial charge in [-0.25, -0.2) is 0 Å². The summed E-state index contributed by atoms with van der Waals surface area (Å²) in [5.74, 6) is -0.389. The SMILES string of the molecule is NC(=O)c1ccccc1CC=C(c1ccccc1)c1ccccc1. The number of benzene rings is 3. The molecule has 3 rings (SSSR count). The number of allylic oxidation sites excluding steroid dienone is 1. The fourth-order valence-electron chi connectivity index (χ4n) is 2.79. The predicted molar refractivity (Wildman–Crippen MR) is 98.6 cm³/mol. The van der Waals surface area contributed by atoms with Gasteiger partial charge in [0.15, 0.2) is 0 Å². The van der Waals surface area contributed by atoms with Gasteiger partial charge in [0, 0.05) is 5.56 Å². The molecule has 2 nitrogen and oxygen atoms in total. The van der Waals surface area contributed by atoms with Crippen molar-refractivity contribution >= 4 is 11.5 Å². The predicted octanol–water partition coefficient (Wildman–Crippen LogP) is 4.46. The summed E-state index contributed by atoms with van der Waals surface area (Å²) >= 11 is 0. The van der Waals surface area contributed by atoms with Crippen LogP contribution in [0.3, 0.4) is 0 Å². The Morgan fingerprint density at radius 1 is 0.750 bits per heavy atom. The minimum Gasteiger partial charge on any atom is -0.366 e. The highest BCUT2D eigenvalue weighted by molar-refractivity contribution is 5.94. The molecule has 0 saturated heterocycles. The van der Waals surface area contributed by atoms with Crippen LogP contribution in [-0.4, -0.2) is 5.91 Å². The van der Waals surface area contributed by atoms with Gasteiger partial charge in [-0.3, -0.25) is 4.79 Å². The van der Waals surface area contributed by atoms with Crippen molar-refractivity contribution in [2.45, 2.75) is 6.42 Å². The Morgan fingerprint density at radius 3 is 1.79 bits per heavy atom. The van der Waals surface area contributed by atoms with Gasteiger partial charge >= 0.3 is 0 Å². The maximum Gasteiger partial charge on any atom is 0.248 e. The molecule has 3 aromatic carbocycles. The van der Waals surface area contributed by atoms with Crippen LogP contribution in [-0.2, 0) is 6.42 Å². The van der Waals surface area contributed by atoms with E-state index < -0.39 is 0 Å².